The van der Waals surface area contributed by atoms with Crippen LogP contribution < -0.4 is 10.6 Å². The average Bonchev–Trinajstić information content (AvgIpc) is 2.51. The fourth-order valence-electron chi connectivity index (χ4n) is 2.15. The molecule has 1 aromatic carbocycles. The van der Waals surface area contributed by atoms with Crippen LogP contribution in [0.25, 0.3) is 0 Å². The van der Waals surface area contributed by atoms with E-state index in [1.807, 2.05) is 20.9 Å². The van der Waals surface area contributed by atoms with Gasteiger partial charge in [-0.05, 0) is 37.8 Å². The van der Waals surface area contributed by atoms with Crippen LogP contribution in [0.5, 0.6) is 0 Å². The van der Waals surface area contributed by atoms with Crippen molar-refractivity contribution in [1.29, 1.82) is 0 Å². The van der Waals surface area contributed by atoms with Gasteiger partial charge in [0.1, 0.15) is 0 Å². The smallest absolute Gasteiger partial charge is 0.221 e. The Kier molecular flexibility index (Phi) is 11.9. The van der Waals surface area contributed by atoms with E-state index in [2.05, 4.69) is 51.0 Å². The highest BCUT2D eigenvalue weighted by molar-refractivity contribution is 14.0. The number of thioether (sulfide) groups is 1. The number of benzene rings is 1. The van der Waals surface area contributed by atoms with Crippen molar-refractivity contribution in [3.63, 3.8) is 0 Å². The van der Waals surface area contributed by atoms with Crippen LogP contribution in [-0.4, -0.2) is 49.7 Å². The second-order valence-electron chi connectivity index (χ2n) is 5.65. The molecule has 0 atom stereocenters. The number of rotatable bonds is 7. The summed E-state index contributed by atoms with van der Waals surface area (Å²) in [7, 11) is 3.75. The minimum atomic E-state index is 0. The third-order valence-corrected chi connectivity index (χ3v) is 3.98. The number of guanidine groups is 1. The van der Waals surface area contributed by atoms with Crippen LogP contribution in [0.1, 0.15) is 25.8 Å². The van der Waals surface area contributed by atoms with E-state index in [-0.39, 0.29) is 35.9 Å². The molecule has 136 valence electrons. The summed E-state index contributed by atoms with van der Waals surface area (Å²) < 4.78 is 0. The highest BCUT2D eigenvalue weighted by Gasteiger charge is 2.08. The predicted octanol–water partition coefficient (Wildman–Crippen LogP) is 2.95. The molecular weight excluding hydrogens is 435 g/mol. The van der Waals surface area contributed by atoms with E-state index in [9.17, 15) is 4.79 Å². The van der Waals surface area contributed by atoms with Gasteiger partial charge in [-0.1, -0.05) is 12.1 Å². The Morgan fingerprint density at radius 3 is 2.42 bits per heavy atom. The Labute approximate surface area is 167 Å². The maximum Gasteiger partial charge on any atom is 0.221 e. The normalized spacial score (nSPS) is 11.0. The first kappa shape index (κ1) is 23.0. The Bertz CT molecular complexity index is 520. The van der Waals surface area contributed by atoms with Crippen molar-refractivity contribution < 1.29 is 4.79 Å². The topological polar surface area (TPSA) is 56.7 Å². The first-order valence-electron chi connectivity index (χ1n) is 7.80. The second kappa shape index (κ2) is 12.4. The zero-order valence-corrected chi connectivity index (χ0v) is 18.3. The molecule has 0 aliphatic carbocycles. The lowest BCUT2D eigenvalue weighted by molar-refractivity contribution is -0.121. The van der Waals surface area contributed by atoms with Gasteiger partial charge in [0.05, 0.1) is 0 Å². The number of nitrogens with zero attached hydrogens (tertiary/aromatic N) is 2. The summed E-state index contributed by atoms with van der Waals surface area (Å²) >= 11 is 1.74. The summed E-state index contributed by atoms with van der Waals surface area (Å²) in [4.78, 5) is 19.2. The van der Waals surface area contributed by atoms with Crippen LogP contribution in [0.4, 0.5) is 0 Å². The molecular formula is C17H29IN4OS. The fourth-order valence-corrected chi connectivity index (χ4v) is 2.55. The summed E-state index contributed by atoms with van der Waals surface area (Å²) in [6, 6.07) is 8.69. The minimum absolute atomic E-state index is 0. The van der Waals surface area contributed by atoms with Gasteiger partial charge >= 0.3 is 0 Å². The molecule has 0 heterocycles. The van der Waals surface area contributed by atoms with Crippen molar-refractivity contribution in [2.24, 2.45) is 4.99 Å². The fraction of sp³-hybridized carbons (Fsp3) is 0.529. The van der Waals surface area contributed by atoms with E-state index in [0.29, 0.717) is 13.0 Å². The largest absolute Gasteiger partial charge is 0.356 e. The van der Waals surface area contributed by atoms with Crippen molar-refractivity contribution in [3.05, 3.63) is 29.8 Å². The number of halogens is 1. The Morgan fingerprint density at radius 2 is 1.92 bits per heavy atom. The van der Waals surface area contributed by atoms with E-state index in [1.54, 1.807) is 18.8 Å². The highest BCUT2D eigenvalue weighted by Crippen LogP contribution is 2.15. The summed E-state index contributed by atoms with van der Waals surface area (Å²) in [5, 5.41) is 6.11. The number of aliphatic imine (C=N–C) groups is 1. The molecule has 0 fully saturated rings. The van der Waals surface area contributed by atoms with Crippen LogP contribution in [0, 0.1) is 0 Å². The van der Waals surface area contributed by atoms with Crippen molar-refractivity contribution in [2.75, 3.05) is 26.9 Å². The summed E-state index contributed by atoms with van der Waals surface area (Å²) in [5.74, 6) is 0.842. The van der Waals surface area contributed by atoms with E-state index in [1.165, 1.54) is 10.5 Å². The molecule has 1 rings (SSSR count). The van der Waals surface area contributed by atoms with Crippen LogP contribution in [0.15, 0.2) is 34.2 Å². The Morgan fingerprint density at radius 1 is 1.29 bits per heavy atom. The molecule has 0 unspecified atom stereocenters. The Balaban J connectivity index is 0.00000529. The SMILES string of the molecule is CN=C(NCCC(=O)NC(C)C)N(C)Cc1ccc(SC)cc1.I. The number of carbonyl (C=O) groups is 1. The molecule has 1 amide bonds. The molecule has 0 bridgehead atoms. The van der Waals surface area contributed by atoms with Gasteiger partial charge in [0, 0.05) is 44.5 Å². The van der Waals surface area contributed by atoms with Crippen molar-refractivity contribution >= 4 is 47.6 Å². The van der Waals surface area contributed by atoms with E-state index >= 15 is 0 Å². The molecule has 24 heavy (non-hydrogen) atoms. The number of nitrogens with one attached hydrogen (secondary N) is 2. The third kappa shape index (κ3) is 8.77. The standard InChI is InChI=1S/C17H28N4OS.HI/c1-13(2)20-16(22)10-11-19-17(18-3)21(4)12-14-6-8-15(23-5)9-7-14;/h6-9,13H,10-12H2,1-5H3,(H,18,19)(H,20,22);1H. The first-order valence-corrected chi connectivity index (χ1v) is 9.02. The quantitative estimate of drug-likeness (QED) is 0.282. The maximum absolute atomic E-state index is 11.6. The van der Waals surface area contributed by atoms with Gasteiger partial charge in [-0.15, -0.1) is 35.7 Å². The third-order valence-electron chi connectivity index (χ3n) is 3.24. The average molecular weight is 464 g/mol. The molecule has 0 spiro atoms. The predicted molar refractivity (Wildman–Crippen MR) is 114 cm³/mol. The van der Waals surface area contributed by atoms with E-state index < -0.39 is 0 Å². The maximum atomic E-state index is 11.6. The van der Waals surface area contributed by atoms with Gasteiger partial charge in [0.25, 0.3) is 0 Å². The molecule has 0 aliphatic rings. The van der Waals surface area contributed by atoms with Gasteiger partial charge in [-0.3, -0.25) is 9.79 Å². The van der Waals surface area contributed by atoms with Crippen LogP contribution >= 0.6 is 35.7 Å². The number of hydrogen-bond acceptors (Lipinski definition) is 3. The highest BCUT2D eigenvalue weighted by atomic mass is 127. The first-order chi connectivity index (χ1) is 11.0. The monoisotopic (exact) mass is 464 g/mol. The zero-order valence-electron chi connectivity index (χ0n) is 15.1. The van der Waals surface area contributed by atoms with E-state index in [4.69, 9.17) is 0 Å². The molecule has 0 aromatic heterocycles. The van der Waals surface area contributed by atoms with Crippen LogP contribution in [0.3, 0.4) is 0 Å². The summed E-state index contributed by atoms with van der Waals surface area (Å²) in [6.07, 6.45) is 2.51. The molecule has 1 aromatic rings. The molecule has 5 nitrogen and oxygen atoms in total. The van der Waals surface area contributed by atoms with Gasteiger partial charge < -0.3 is 15.5 Å². The van der Waals surface area contributed by atoms with Crippen molar-refractivity contribution in [3.8, 4) is 0 Å². The van der Waals surface area contributed by atoms with Gasteiger partial charge in [0.2, 0.25) is 5.91 Å². The molecule has 0 saturated heterocycles. The second-order valence-corrected chi connectivity index (χ2v) is 6.53. The van der Waals surface area contributed by atoms with Gasteiger partial charge in [0.15, 0.2) is 5.96 Å². The minimum Gasteiger partial charge on any atom is -0.356 e. The molecule has 0 aliphatic heterocycles. The molecule has 7 heteroatoms. The molecule has 2 N–H and O–H groups in total. The lowest BCUT2D eigenvalue weighted by Crippen LogP contribution is -2.40. The van der Waals surface area contributed by atoms with Gasteiger partial charge in [-0.2, -0.15) is 0 Å². The summed E-state index contributed by atoms with van der Waals surface area (Å²) in [6.45, 7) is 5.26. The lowest BCUT2D eigenvalue weighted by Gasteiger charge is -2.22. The molecule has 0 saturated carbocycles. The summed E-state index contributed by atoms with van der Waals surface area (Å²) in [5.41, 5.74) is 1.23. The zero-order chi connectivity index (χ0) is 17.2. The van der Waals surface area contributed by atoms with Crippen molar-refractivity contribution in [1.82, 2.24) is 15.5 Å². The van der Waals surface area contributed by atoms with Crippen LogP contribution in [0.2, 0.25) is 0 Å². The number of amides is 1. The molecule has 0 radical (unpaired) electrons. The van der Waals surface area contributed by atoms with E-state index in [0.717, 1.165) is 12.5 Å². The van der Waals surface area contributed by atoms with Gasteiger partial charge in [-0.25, -0.2) is 0 Å². The number of carbonyl (C=O) groups excluding carboxylic acids is 1. The van der Waals surface area contributed by atoms with Crippen LogP contribution in [-0.2, 0) is 11.3 Å². The van der Waals surface area contributed by atoms with Crippen molar-refractivity contribution in [2.45, 2.75) is 37.8 Å². The number of hydrogen-bond donors (Lipinski definition) is 2. The Hall–Kier alpha value is -0.960. The lowest BCUT2D eigenvalue weighted by atomic mass is 10.2.